The Morgan fingerprint density at radius 1 is 1.21 bits per heavy atom. The van der Waals surface area contributed by atoms with E-state index < -0.39 is 23.5 Å². The minimum Gasteiger partial charge on any atom is -0.542 e. The topological polar surface area (TPSA) is 53.3 Å². The summed E-state index contributed by atoms with van der Waals surface area (Å²) in [6, 6.07) is 4.99. The van der Waals surface area contributed by atoms with Gasteiger partial charge in [-0.3, -0.25) is 0 Å². The summed E-state index contributed by atoms with van der Waals surface area (Å²) in [5, 5.41) is 10.6. The standard InChI is InChI=1S/C12H6ClF3O3/c13-8-2-1-6(12(14,15)16)5-7(8)9-3-4-10(19-9)11(17)18/h1-5H,(H,17,18)/p-1. The molecule has 0 spiro atoms. The van der Waals surface area contributed by atoms with Crippen molar-refractivity contribution in [2.45, 2.75) is 6.18 Å². The van der Waals surface area contributed by atoms with Crippen LogP contribution in [0.15, 0.2) is 34.7 Å². The van der Waals surface area contributed by atoms with E-state index in [2.05, 4.69) is 0 Å². The second-order valence-corrected chi connectivity index (χ2v) is 4.05. The summed E-state index contributed by atoms with van der Waals surface area (Å²) in [7, 11) is 0. The van der Waals surface area contributed by atoms with Gasteiger partial charge >= 0.3 is 6.18 Å². The van der Waals surface area contributed by atoms with Crippen LogP contribution in [-0.2, 0) is 6.18 Å². The Morgan fingerprint density at radius 2 is 1.89 bits per heavy atom. The molecule has 0 bridgehead atoms. The van der Waals surface area contributed by atoms with Crippen LogP contribution in [0.4, 0.5) is 13.2 Å². The van der Waals surface area contributed by atoms with Gasteiger partial charge in [0.1, 0.15) is 17.5 Å². The number of hydrogen-bond acceptors (Lipinski definition) is 3. The molecule has 1 heterocycles. The maximum atomic E-state index is 12.6. The fraction of sp³-hybridized carbons (Fsp3) is 0.0833. The third kappa shape index (κ3) is 2.73. The summed E-state index contributed by atoms with van der Waals surface area (Å²) in [6.45, 7) is 0. The predicted octanol–water partition coefficient (Wildman–Crippen LogP) is 2.98. The highest BCUT2D eigenvalue weighted by Crippen LogP contribution is 2.36. The first-order valence-electron chi connectivity index (χ1n) is 4.97. The first-order chi connectivity index (χ1) is 8.79. The van der Waals surface area contributed by atoms with Crippen molar-refractivity contribution in [3.63, 3.8) is 0 Å². The highest BCUT2D eigenvalue weighted by atomic mass is 35.5. The number of benzene rings is 1. The molecule has 100 valence electrons. The lowest BCUT2D eigenvalue weighted by Gasteiger charge is -2.09. The van der Waals surface area contributed by atoms with Crippen molar-refractivity contribution in [3.8, 4) is 11.3 Å². The zero-order chi connectivity index (χ0) is 14.2. The molecule has 1 aromatic carbocycles. The maximum absolute atomic E-state index is 12.6. The van der Waals surface area contributed by atoms with Gasteiger partial charge in [-0.25, -0.2) is 0 Å². The minimum absolute atomic E-state index is 0.0206. The molecule has 2 rings (SSSR count). The van der Waals surface area contributed by atoms with Crippen LogP contribution in [0.5, 0.6) is 0 Å². The van der Waals surface area contributed by atoms with Crippen LogP contribution in [0, 0.1) is 0 Å². The fourth-order valence-corrected chi connectivity index (χ4v) is 1.69. The number of carbonyl (C=O) groups is 1. The Kier molecular flexibility index (Phi) is 3.28. The molecule has 0 aliphatic heterocycles. The number of furan rings is 1. The lowest BCUT2D eigenvalue weighted by molar-refractivity contribution is -0.257. The van der Waals surface area contributed by atoms with E-state index in [1.54, 1.807) is 0 Å². The second kappa shape index (κ2) is 4.62. The number of carboxylic acid groups (broad SMARTS) is 1. The molecule has 19 heavy (non-hydrogen) atoms. The van der Waals surface area contributed by atoms with Gasteiger partial charge in [-0.1, -0.05) is 11.6 Å². The molecule has 0 atom stereocenters. The molecule has 7 heteroatoms. The molecule has 0 aliphatic rings. The molecular weight excluding hydrogens is 285 g/mol. The van der Waals surface area contributed by atoms with Gasteiger partial charge in [0.25, 0.3) is 0 Å². The molecule has 2 aromatic rings. The molecule has 1 aromatic heterocycles. The quantitative estimate of drug-likeness (QED) is 0.854. The number of aromatic carboxylic acids is 1. The van der Waals surface area contributed by atoms with Crippen LogP contribution in [0.1, 0.15) is 16.1 Å². The third-order valence-corrected chi connectivity index (χ3v) is 2.70. The second-order valence-electron chi connectivity index (χ2n) is 3.64. The zero-order valence-corrected chi connectivity index (χ0v) is 9.88. The van der Waals surface area contributed by atoms with E-state index in [0.29, 0.717) is 0 Å². The first-order valence-corrected chi connectivity index (χ1v) is 5.35. The SMILES string of the molecule is O=C([O-])c1ccc(-c2cc(C(F)(F)F)ccc2Cl)o1. The Balaban J connectivity index is 2.51. The van der Waals surface area contributed by atoms with Crippen molar-refractivity contribution in [1.82, 2.24) is 0 Å². The first kappa shape index (κ1) is 13.5. The minimum atomic E-state index is -4.52. The van der Waals surface area contributed by atoms with E-state index in [1.165, 1.54) is 6.07 Å². The maximum Gasteiger partial charge on any atom is 0.416 e. The molecule has 0 fully saturated rings. The van der Waals surface area contributed by atoms with Crippen molar-refractivity contribution in [3.05, 3.63) is 46.7 Å². The van der Waals surface area contributed by atoms with E-state index in [1.807, 2.05) is 0 Å². The van der Waals surface area contributed by atoms with Gasteiger partial charge in [-0.05, 0) is 30.3 Å². The van der Waals surface area contributed by atoms with Crippen molar-refractivity contribution in [2.75, 3.05) is 0 Å². The average molecular weight is 290 g/mol. The average Bonchev–Trinajstić information content (AvgIpc) is 2.77. The van der Waals surface area contributed by atoms with E-state index in [0.717, 1.165) is 24.3 Å². The Morgan fingerprint density at radius 3 is 2.42 bits per heavy atom. The summed E-state index contributed by atoms with van der Waals surface area (Å²) in [4.78, 5) is 10.5. The van der Waals surface area contributed by atoms with Crippen LogP contribution in [0.3, 0.4) is 0 Å². The molecule has 0 saturated carbocycles. The number of hydrogen-bond donors (Lipinski definition) is 0. The lowest BCUT2D eigenvalue weighted by Crippen LogP contribution is -2.21. The van der Waals surface area contributed by atoms with Gasteiger partial charge in [-0.15, -0.1) is 0 Å². The normalized spacial score (nSPS) is 11.6. The number of carbonyl (C=O) groups excluding carboxylic acids is 1. The van der Waals surface area contributed by atoms with Crippen LogP contribution < -0.4 is 5.11 Å². The number of carboxylic acids is 1. The molecule has 0 saturated heterocycles. The molecule has 0 radical (unpaired) electrons. The zero-order valence-electron chi connectivity index (χ0n) is 9.12. The number of alkyl halides is 3. The van der Waals surface area contributed by atoms with Crippen LogP contribution >= 0.6 is 11.6 Å². The monoisotopic (exact) mass is 289 g/mol. The largest absolute Gasteiger partial charge is 0.542 e. The molecule has 0 amide bonds. The molecule has 0 N–H and O–H groups in total. The van der Waals surface area contributed by atoms with Crippen molar-refractivity contribution in [1.29, 1.82) is 0 Å². The van der Waals surface area contributed by atoms with Gasteiger partial charge < -0.3 is 14.3 Å². The number of rotatable bonds is 2. The van der Waals surface area contributed by atoms with Crippen LogP contribution in [0.2, 0.25) is 5.02 Å². The fourth-order valence-electron chi connectivity index (χ4n) is 1.48. The highest BCUT2D eigenvalue weighted by Gasteiger charge is 2.31. The molecular formula is C12H5ClF3O3-. The van der Waals surface area contributed by atoms with Crippen molar-refractivity contribution in [2.24, 2.45) is 0 Å². The van der Waals surface area contributed by atoms with E-state index in [4.69, 9.17) is 16.0 Å². The van der Waals surface area contributed by atoms with Crippen LogP contribution in [0.25, 0.3) is 11.3 Å². The number of halogens is 4. The summed E-state index contributed by atoms with van der Waals surface area (Å²) < 4.78 is 42.6. The Hall–Kier alpha value is -1.95. The van der Waals surface area contributed by atoms with Crippen LogP contribution in [-0.4, -0.2) is 5.97 Å². The van der Waals surface area contributed by atoms with E-state index in [9.17, 15) is 23.1 Å². The van der Waals surface area contributed by atoms with Gasteiger partial charge in [0.2, 0.25) is 0 Å². The van der Waals surface area contributed by atoms with Gasteiger partial charge in [0, 0.05) is 5.56 Å². The lowest BCUT2D eigenvalue weighted by atomic mass is 10.1. The van der Waals surface area contributed by atoms with Crippen molar-refractivity contribution >= 4 is 17.6 Å². The summed E-state index contributed by atoms with van der Waals surface area (Å²) in [6.07, 6.45) is -4.52. The van der Waals surface area contributed by atoms with Gasteiger partial charge in [0.15, 0.2) is 0 Å². The Labute approximate surface area is 110 Å². The smallest absolute Gasteiger partial charge is 0.416 e. The third-order valence-electron chi connectivity index (χ3n) is 2.37. The van der Waals surface area contributed by atoms with Crippen molar-refractivity contribution < 1.29 is 27.5 Å². The Bertz CT molecular complexity index is 631. The molecule has 0 aliphatic carbocycles. The van der Waals surface area contributed by atoms with Gasteiger partial charge in [-0.2, -0.15) is 13.2 Å². The van der Waals surface area contributed by atoms with E-state index in [-0.39, 0.29) is 16.3 Å². The highest BCUT2D eigenvalue weighted by molar-refractivity contribution is 6.33. The summed E-state index contributed by atoms with van der Waals surface area (Å²) in [5.74, 6) is -2.12. The molecule has 3 nitrogen and oxygen atoms in total. The summed E-state index contributed by atoms with van der Waals surface area (Å²) >= 11 is 5.78. The van der Waals surface area contributed by atoms with Gasteiger partial charge in [0.05, 0.1) is 10.6 Å². The molecule has 0 unspecified atom stereocenters. The van der Waals surface area contributed by atoms with E-state index >= 15 is 0 Å². The predicted molar refractivity (Wildman–Crippen MR) is 58.5 cm³/mol. The summed E-state index contributed by atoms with van der Waals surface area (Å²) in [5.41, 5.74) is -0.942.